The van der Waals surface area contributed by atoms with Crippen LogP contribution in [0.3, 0.4) is 0 Å². The number of benzene rings is 1. The molecule has 19 heavy (non-hydrogen) atoms. The summed E-state index contributed by atoms with van der Waals surface area (Å²) in [6.07, 6.45) is 0.414. The second kappa shape index (κ2) is 4.85. The predicted octanol–water partition coefficient (Wildman–Crippen LogP) is 3.11. The molecule has 0 unspecified atom stereocenters. The van der Waals surface area contributed by atoms with Gasteiger partial charge < -0.3 is 10.3 Å². The van der Waals surface area contributed by atoms with Gasteiger partial charge >= 0.3 is 0 Å². The van der Waals surface area contributed by atoms with Crippen molar-refractivity contribution in [2.75, 3.05) is 5.32 Å². The van der Waals surface area contributed by atoms with Gasteiger partial charge in [0, 0.05) is 10.6 Å². The first-order valence-corrected chi connectivity index (χ1v) is 6.87. The van der Waals surface area contributed by atoms with Gasteiger partial charge in [-0.1, -0.05) is 6.07 Å². The third-order valence-corrected chi connectivity index (χ3v) is 3.68. The molecule has 0 aliphatic rings. The second-order valence-electron chi connectivity index (χ2n) is 4.36. The van der Waals surface area contributed by atoms with Crippen LogP contribution in [0.2, 0.25) is 0 Å². The van der Waals surface area contributed by atoms with E-state index in [1.807, 2.05) is 42.6 Å². The molecule has 0 spiro atoms. The van der Waals surface area contributed by atoms with Crippen molar-refractivity contribution in [2.24, 2.45) is 0 Å². The van der Waals surface area contributed by atoms with Crippen LogP contribution in [0.15, 0.2) is 35.7 Å². The molecule has 3 aromatic rings. The summed E-state index contributed by atoms with van der Waals surface area (Å²) in [7, 11) is 0. The van der Waals surface area contributed by atoms with Gasteiger partial charge in [-0.05, 0) is 36.6 Å². The summed E-state index contributed by atoms with van der Waals surface area (Å²) in [6, 6.07) is 9.59. The van der Waals surface area contributed by atoms with Crippen LogP contribution in [0.25, 0.3) is 11.0 Å². The molecular weight excluding hydrogens is 258 g/mol. The highest BCUT2D eigenvalue weighted by Gasteiger charge is 2.06. The molecule has 3 rings (SSSR count). The zero-order valence-corrected chi connectivity index (χ0v) is 11.3. The highest BCUT2D eigenvalue weighted by molar-refractivity contribution is 7.10. The van der Waals surface area contributed by atoms with E-state index in [2.05, 4.69) is 15.3 Å². The summed E-state index contributed by atoms with van der Waals surface area (Å²) in [4.78, 5) is 20.4. The molecule has 0 atom stereocenters. The van der Waals surface area contributed by atoms with Gasteiger partial charge in [-0.15, -0.1) is 11.3 Å². The largest absolute Gasteiger partial charge is 0.342 e. The molecule has 0 saturated heterocycles. The van der Waals surface area contributed by atoms with Crippen molar-refractivity contribution in [3.8, 4) is 0 Å². The van der Waals surface area contributed by atoms with Gasteiger partial charge in [0.15, 0.2) is 0 Å². The lowest BCUT2D eigenvalue weighted by molar-refractivity contribution is -0.115. The van der Waals surface area contributed by atoms with E-state index in [9.17, 15) is 4.79 Å². The Balaban J connectivity index is 1.75. The second-order valence-corrected chi connectivity index (χ2v) is 5.39. The van der Waals surface area contributed by atoms with Crippen LogP contribution < -0.4 is 5.32 Å². The fraction of sp³-hybridized carbons (Fsp3) is 0.143. The number of hydrogen-bond acceptors (Lipinski definition) is 3. The van der Waals surface area contributed by atoms with Gasteiger partial charge in [-0.25, -0.2) is 4.98 Å². The Morgan fingerprint density at radius 3 is 3.11 bits per heavy atom. The van der Waals surface area contributed by atoms with Crippen LogP contribution >= 0.6 is 11.3 Å². The normalized spacial score (nSPS) is 10.8. The van der Waals surface area contributed by atoms with Crippen molar-refractivity contribution in [2.45, 2.75) is 13.3 Å². The molecule has 0 radical (unpaired) electrons. The smallest absolute Gasteiger partial charge is 0.229 e. The maximum absolute atomic E-state index is 11.9. The summed E-state index contributed by atoms with van der Waals surface area (Å²) >= 11 is 1.59. The lowest BCUT2D eigenvalue weighted by atomic mass is 10.2. The van der Waals surface area contributed by atoms with E-state index in [0.717, 1.165) is 27.4 Å². The van der Waals surface area contributed by atoms with Crippen molar-refractivity contribution in [3.05, 3.63) is 46.4 Å². The van der Waals surface area contributed by atoms with Gasteiger partial charge in [0.1, 0.15) is 5.82 Å². The van der Waals surface area contributed by atoms with Crippen LogP contribution in [0.1, 0.15) is 10.7 Å². The SMILES string of the molecule is Cc1nc2ccc(NC(=O)Cc3cccs3)cc2[nH]1. The van der Waals surface area contributed by atoms with E-state index >= 15 is 0 Å². The Bertz CT molecular complexity index is 715. The first-order chi connectivity index (χ1) is 9.20. The average molecular weight is 271 g/mol. The Labute approximate surface area is 114 Å². The molecule has 0 aliphatic carbocycles. The number of imidazole rings is 1. The molecule has 0 saturated carbocycles. The van der Waals surface area contributed by atoms with E-state index < -0.39 is 0 Å². The van der Waals surface area contributed by atoms with E-state index in [0.29, 0.717) is 6.42 Å². The zero-order valence-electron chi connectivity index (χ0n) is 10.4. The number of carbonyl (C=O) groups is 1. The number of nitrogens with zero attached hydrogens (tertiary/aromatic N) is 1. The number of aryl methyl sites for hydroxylation is 1. The quantitative estimate of drug-likeness (QED) is 0.769. The molecular formula is C14H13N3OS. The van der Waals surface area contributed by atoms with Crippen LogP contribution in [0.5, 0.6) is 0 Å². The summed E-state index contributed by atoms with van der Waals surface area (Å²) < 4.78 is 0. The van der Waals surface area contributed by atoms with Crippen molar-refractivity contribution in [1.29, 1.82) is 0 Å². The summed E-state index contributed by atoms with van der Waals surface area (Å²) in [5.74, 6) is 0.870. The monoisotopic (exact) mass is 271 g/mol. The number of carbonyl (C=O) groups excluding carboxylic acids is 1. The minimum Gasteiger partial charge on any atom is -0.342 e. The molecule has 1 amide bonds. The minimum absolute atomic E-state index is 0.00182. The fourth-order valence-electron chi connectivity index (χ4n) is 1.99. The van der Waals surface area contributed by atoms with E-state index in [1.54, 1.807) is 11.3 Å². The molecule has 0 bridgehead atoms. The van der Waals surface area contributed by atoms with Crippen LogP contribution in [0.4, 0.5) is 5.69 Å². The van der Waals surface area contributed by atoms with Gasteiger partial charge in [0.25, 0.3) is 0 Å². The molecule has 2 N–H and O–H groups in total. The number of anilines is 1. The fourth-order valence-corrected chi connectivity index (χ4v) is 2.70. The van der Waals surface area contributed by atoms with Crippen molar-refractivity contribution in [3.63, 3.8) is 0 Å². The Morgan fingerprint density at radius 1 is 1.42 bits per heavy atom. The topological polar surface area (TPSA) is 57.8 Å². The first kappa shape index (κ1) is 11.9. The van der Waals surface area contributed by atoms with Crippen LogP contribution in [-0.4, -0.2) is 15.9 Å². The third-order valence-electron chi connectivity index (χ3n) is 2.80. The van der Waals surface area contributed by atoms with Gasteiger partial charge in [0.05, 0.1) is 17.5 Å². The minimum atomic E-state index is -0.00182. The maximum Gasteiger partial charge on any atom is 0.229 e. The third kappa shape index (κ3) is 2.66. The summed E-state index contributed by atoms with van der Waals surface area (Å²) in [5, 5.41) is 4.88. The number of thiophene rings is 1. The number of amides is 1. The lowest BCUT2D eigenvalue weighted by Crippen LogP contribution is -2.13. The van der Waals surface area contributed by atoms with Crippen molar-refractivity contribution < 1.29 is 4.79 Å². The Kier molecular flexibility index (Phi) is 3.05. The highest BCUT2D eigenvalue weighted by Crippen LogP contribution is 2.17. The Morgan fingerprint density at radius 2 is 2.32 bits per heavy atom. The number of aromatic nitrogens is 2. The summed E-state index contributed by atoms with van der Waals surface area (Å²) in [6.45, 7) is 1.91. The van der Waals surface area contributed by atoms with E-state index in [4.69, 9.17) is 0 Å². The lowest BCUT2D eigenvalue weighted by Gasteiger charge is -2.04. The van der Waals surface area contributed by atoms with E-state index in [-0.39, 0.29) is 5.91 Å². The average Bonchev–Trinajstić information content (AvgIpc) is 2.96. The maximum atomic E-state index is 11.9. The molecule has 0 fully saturated rings. The van der Waals surface area contributed by atoms with E-state index in [1.165, 1.54) is 0 Å². The van der Waals surface area contributed by atoms with Gasteiger partial charge in [-0.2, -0.15) is 0 Å². The van der Waals surface area contributed by atoms with Gasteiger partial charge in [-0.3, -0.25) is 4.79 Å². The highest BCUT2D eigenvalue weighted by atomic mass is 32.1. The molecule has 1 aromatic carbocycles. The predicted molar refractivity (Wildman–Crippen MR) is 77.5 cm³/mol. The molecule has 5 heteroatoms. The number of fused-ring (bicyclic) bond motifs is 1. The molecule has 2 heterocycles. The number of rotatable bonds is 3. The Hall–Kier alpha value is -2.14. The molecule has 4 nitrogen and oxygen atoms in total. The number of H-pyrrole nitrogens is 1. The van der Waals surface area contributed by atoms with Crippen molar-refractivity contribution >= 4 is 34.0 Å². The number of hydrogen-bond donors (Lipinski definition) is 2. The molecule has 96 valence electrons. The zero-order chi connectivity index (χ0) is 13.2. The summed E-state index contributed by atoms with van der Waals surface area (Å²) in [5.41, 5.74) is 2.64. The number of nitrogens with one attached hydrogen (secondary N) is 2. The van der Waals surface area contributed by atoms with Gasteiger partial charge in [0.2, 0.25) is 5.91 Å². The first-order valence-electron chi connectivity index (χ1n) is 5.99. The van der Waals surface area contributed by atoms with Crippen LogP contribution in [0, 0.1) is 6.92 Å². The van der Waals surface area contributed by atoms with Crippen LogP contribution in [-0.2, 0) is 11.2 Å². The van der Waals surface area contributed by atoms with Crippen molar-refractivity contribution in [1.82, 2.24) is 9.97 Å². The molecule has 0 aliphatic heterocycles. The molecule has 2 aromatic heterocycles. The number of aromatic amines is 1. The standard InChI is InChI=1S/C14H13N3OS/c1-9-15-12-5-4-10(7-13(12)16-9)17-14(18)8-11-3-2-6-19-11/h2-7H,8H2,1H3,(H,15,16)(H,17,18).